The molecule has 2 aromatic heterocycles. The van der Waals surface area contributed by atoms with Crippen LogP contribution in [0.3, 0.4) is 0 Å². The molecule has 158 valence electrons. The van der Waals surface area contributed by atoms with E-state index in [0.29, 0.717) is 18.0 Å². The number of nitrogens with one attached hydrogen (secondary N) is 2. The number of pyridine rings is 2. The summed E-state index contributed by atoms with van der Waals surface area (Å²) < 4.78 is 0. The van der Waals surface area contributed by atoms with Gasteiger partial charge in [-0.25, -0.2) is 9.97 Å². The maximum absolute atomic E-state index is 9.90. The fourth-order valence-electron chi connectivity index (χ4n) is 5.13. The number of anilines is 4. The molecule has 4 fully saturated rings. The second kappa shape index (κ2) is 7.39. The summed E-state index contributed by atoms with van der Waals surface area (Å²) in [6.07, 6.45) is 7.23. The molecule has 1 saturated carbocycles. The quantitative estimate of drug-likeness (QED) is 0.705. The Morgan fingerprint density at radius 1 is 1.07 bits per heavy atom. The lowest BCUT2D eigenvalue weighted by Crippen LogP contribution is -2.43. The normalized spacial score (nSPS) is 26.4. The van der Waals surface area contributed by atoms with Gasteiger partial charge < -0.3 is 25.5 Å². The van der Waals surface area contributed by atoms with Crippen LogP contribution >= 0.6 is 0 Å². The van der Waals surface area contributed by atoms with Crippen molar-refractivity contribution >= 4 is 23.1 Å². The highest BCUT2D eigenvalue weighted by Gasteiger charge is 2.38. The third kappa shape index (κ3) is 3.61. The van der Waals surface area contributed by atoms with Crippen molar-refractivity contribution in [2.24, 2.45) is 0 Å². The maximum Gasteiger partial charge on any atom is 0.136 e. The third-order valence-corrected chi connectivity index (χ3v) is 7.06. The van der Waals surface area contributed by atoms with Crippen LogP contribution in [0.1, 0.15) is 43.6 Å². The maximum atomic E-state index is 9.90. The Morgan fingerprint density at radius 2 is 1.93 bits per heavy atom. The molecule has 30 heavy (non-hydrogen) atoms. The number of piperidine rings is 1. The monoisotopic (exact) mass is 406 g/mol. The van der Waals surface area contributed by atoms with E-state index in [9.17, 15) is 5.11 Å². The zero-order valence-electron chi connectivity index (χ0n) is 17.3. The number of nitrogens with zero attached hydrogens (tertiary/aromatic N) is 4. The van der Waals surface area contributed by atoms with Crippen LogP contribution in [0.15, 0.2) is 30.5 Å². The zero-order valence-corrected chi connectivity index (χ0v) is 17.3. The Hall–Kier alpha value is -2.38. The molecule has 6 rings (SSSR count). The number of hydrogen-bond donors (Lipinski definition) is 3. The molecule has 5 heterocycles. The van der Waals surface area contributed by atoms with Gasteiger partial charge >= 0.3 is 0 Å². The number of aliphatic hydroxyl groups is 1. The molecule has 7 nitrogen and oxygen atoms in total. The van der Waals surface area contributed by atoms with E-state index in [0.717, 1.165) is 56.5 Å². The second-order valence-corrected chi connectivity index (χ2v) is 9.31. The van der Waals surface area contributed by atoms with Gasteiger partial charge in [-0.05, 0) is 49.7 Å². The van der Waals surface area contributed by atoms with Gasteiger partial charge in [0.2, 0.25) is 0 Å². The average molecular weight is 407 g/mol. The van der Waals surface area contributed by atoms with Crippen molar-refractivity contribution in [3.05, 3.63) is 36.0 Å². The average Bonchev–Trinajstić information content (AvgIpc) is 3.40. The topological polar surface area (TPSA) is 76.6 Å². The van der Waals surface area contributed by atoms with E-state index in [2.05, 4.69) is 49.7 Å². The van der Waals surface area contributed by atoms with E-state index in [1.807, 2.05) is 6.20 Å². The Balaban J connectivity index is 1.28. The first-order chi connectivity index (χ1) is 14.7. The molecule has 2 unspecified atom stereocenters. The van der Waals surface area contributed by atoms with Crippen LogP contribution in [-0.4, -0.2) is 59.4 Å². The van der Waals surface area contributed by atoms with Crippen molar-refractivity contribution in [1.29, 1.82) is 0 Å². The first-order valence-corrected chi connectivity index (χ1v) is 11.4. The van der Waals surface area contributed by atoms with Gasteiger partial charge in [0.05, 0.1) is 6.10 Å². The first kappa shape index (κ1) is 18.4. The molecule has 0 spiro atoms. The number of rotatable bonds is 5. The lowest BCUT2D eigenvalue weighted by Gasteiger charge is -2.33. The lowest BCUT2D eigenvalue weighted by molar-refractivity contribution is 0.145. The number of hydrogen-bond acceptors (Lipinski definition) is 7. The Kier molecular flexibility index (Phi) is 4.53. The number of aliphatic hydroxyl groups excluding tert-OH is 1. The summed E-state index contributed by atoms with van der Waals surface area (Å²) in [5.41, 5.74) is 2.58. The minimum Gasteiger partial charge on any atom is -0.393 e. The summed E-state index contributed by atoms with van der Waals surface area (Å²) in [5.74, 6) is 3.39. The Labute approximate surface area is 177 Å². The Bertz CT molecular complexity index is 906. The van der Waals surface area contributed by atoms with Crippen LogP contribution in [0.25, 0.3) is 0 Å². The van der Waals surface area contributed by atoms with Crippen molar-refractivity contribution < 1.29 is 5.11 Å². The molecule has 7 heteroatoms. The highest BCUT2D eigenvalue weighted by atomic mass is 16.3. The summed E-state index contributed by atoms with van der Waals surface area (Å²) in [5, 5.41) is 16.9. The van der Waals surface area contributed by atoms with Gasteiger partial charge in [-0.15, -0.1) is 0 Å². The van der Waals surface area contributed by atoms with Crippen LogP contribution in [0, 0.1) is 0 Å². The lowest BCUT2D eigenvalue weighted by atomic mass is 10.1. The van der Waals surface area contributed by atoms with E-state index in [1.54, 1.807) is 0 Å². The van der Waals surface area contributed by atoms with Gasteiger partial charge in [0.25, 0.3) is 0 Å². The van der Waals surface area contributed by atoms with Crippen molar-refractivity contribution in [2.45, 2.75) is 56.2 Å². The predicted molar refractivity (Wildman–Crippen MR) is 119 cm³/mol. The summed E-state index contributed by atoms with van der Waals surface area (Å²) in [6.45, 7) is 3.81. The van der Waals surface area contributed by atoms with E-state index in [1.165, 1.54) is 30.5 Å². The molecule has 4 aliphatic rings. The predicted octanol–water partition coefficient (Wildman–Crippen LogP) is 2.61. The van der Waals surface area contributed by atoms with E-state index >= 15 is 0 Å². The molecule has 0 radical (unpaired) electrons. The number of aromatic nitrogens is 2. The highest BCUT2D eigenvalue weighted by molar-refractivity contribution is 5.66. The third-order valence-electron chi connectivity index (χ3n) is 7.06. The van der Waals surface area contributed by atoms with Gasteiger partial charge in [0.1, 0.15) is 17.5 Å². The molecule has 0 aromatic carbocycles. The SMILES string of the molecule is OC1CCN(c2cc(N3CC4CC3CN4)cc(Nc3ccc(C4CC4)cn3)n2)CC1. The van der Waals surface area contributed by atoms with Crippen LogP contribution < -0.4 is 20.4 Å². The highest BCUT2D eigenvalue weighted by Crippen LogP contribution is 2.40. The zero-order chi connectivity index (χ0) is 20.1. The molecule has 2 aromatic rings. The van der Waals surface area contributed by atoms with Gasteiger partial charge in [-0.2, -0.15) is 0 Å². The van der Waals surface area contributed by atoms with Gasteiger partial charge in [0, 0.05) is 62.3 Å². The molecule has 2 bridgehead atoms. The van der Waals surface area contributed by atoms with Crippen LogP contribution in [0.4, 0.5) is 23.1 Å². The van der Waals surface area contributed by atoms with Crippen molar-refractivity contribution in [3.63, 3.8) is 0 Å². The minimum absolute atomic E-state index is 0.184. The first-order valence-electron chi connectivity index (χ1n) is 11.4. The standard InChI is InChI=1S/C23H30N6O/c30-20-5-7-28(8-6-20)23-11-18(29-14-17-9-19(29)13-24-17)10-22(27-23)26-21-4-3-16(12-25-21)15-1-2-15/h3-4,10-12,15,17,19-20,24,30H,1-2,5-9,13-14H2,(H,25,26,27). The largest absolute Gasteiger partial charge is 0.393 e. The molecule has 2 atom stereocenters. The molecular weight excluding hydrogens is 376 g/mol. The Morgan fingerprint density at radius 3 is 2.60 bits per heavy atom. The molecule has 3 N–H and O–H groups in total. The smallest absolute Gasteiger partial charge is 0.136 e. The van der Waals surface area contributed by atoms with E-state index in [4.69, 9.17) is 4.98 Å². The van der Waals surface area contributed by atoms with Crippen molar-refractivity contribution in [1.82, 2.24) is 15.3 Å². The fourth-order valence-corrected chi connectivity index (χ4v) is 5.13. The molecule has 3 aliphatic heterocycles. The summed E-state index contributed by atoms with van der Waals surface area (Å²) in [7, 11) is 0. The second-order valence-electron chi connectivity index (χ2n) is 9.31. The van der Waals surface area contributed by atoms with Crippen LogP contribution in [0.2, 0.25) is 0 Å². The van der Waals surface area contributed by atoms with E-state index in [-0.39, 0.29) is 6.10 Å². The van der Waals surface area contributed by atoms with Gasteiger partial charge in [0.15, 0.2) is 0 Å². The van der Waals surface area contributed by atoms with E-state index < -0.39 is 0 Å². The molecular formula is C23H30N6O. The molecule has 3 saturated heterocycles. The van der Waals surface area contributed by atoms with Crippen molar-refractivity contribution in [2.75, 3.05) is 41.3 Å². The van der Waals surface area contributed by atoms with Gasteiger partial charge in [-0.1, -0.05) is 6.07 Å². The van der Waals surface area contributed by atoms with Crippen molar-refractivity contribution in [3.8, 4) is 0 Å². The number of piperazine rings is 1. The van der Waals surface area contributed by atoms with Crippen LogP contribution in [0.5, 0.6) is 0 Å². The number of fused-ring (bicyclic) bond motifs is 2. The minimum atomic E-state index is -0.184. The molecule has 1 aliphatic carbocycles. The summed E-state index contributed by atoms with van der Waals surface area (Å²) in [6, 6.07) is 9.82. The summed E-state index contributed by atoms with van der Waals surface area (Å²) >= 11 is 0. The van der Waals surface area contributed by atoms with Gasteiger partial charge in [-0.3, -0.25) is 0 Å². The fraction of sp³-hybridized carbons (Fsp3) is 0.565. The molecule has 0 amide bonds. The summed E-state index contributed by atoms with van der Waals surface area (Å²) in [4.78, 5) is 14.4. The van der Waals surface area contributed by atoms with Crippen LogP contribution in [-0.2, 0) is 0 Å².